The highest BCUT2D eigenvalue weighted by Crippen LogP contribution is 2.35. The highest BCUT2D eigenvalue weighted by Gasteiger charge is 2.39. The van der Waals surface area contributed by atoms with Crippen LogP contribution in [-0.4, -0.2) is 34.7 Å². The molecule has 8 heteroatoms. The molecule has 1 saturated heterocycles. The summed E-state index contributed by atoms with van der Waals surface area (Å²) in [5.74, 6) is 0.0197. The van der Waals surface area contributed by atoms with Gasteiger partial charge in [-0.25, -0.2) is 4.98 Å². The van der Waals surface area contributed by atoms with Crippen molar-refractivity contribution in [2.24, 2.45) is 0 Å². The molecule has 0 saturated carbocycles. The molecular weight excluding hydrogens is 372 g/mol. The first kappa shape index (κ1) is 20.6. The van der Waals surface area contributed by atoms with Gasteiger partial charge >= 0.3 is 0 Å². The molecule has 2 aromatic heterocycles. The van der Waals surface area contributed by atoms with Crippen LogP contribution >= 0.6 is 23.7 Å². The Labute approximate surface area is 163 Å². The van der Waals surface area contributed by atoms with Crippen LogP contribution in [0.25, 0.3) is 11.4 Å². The maximum Gasteiger partial charge on any atom is 0.217 e. The summed E-state index contributed by atoms with van der Waals surface area (Å²) in [7, 11) is 0. The fraction of sp³-hybridized carbons (Fsp3) is 0.500. The fourth-order valence-electron chi connectivity index (χ4n) is 3.71. The smallest absolute Gasteiger partial charge is 0.217 e. The number of nitrogens with zero attached hydrogens (tertiary/aromatic N) is 1. The molecule has 1 aliphatic rings. The van der Waals surface area contributed by atoms with Crippen molar-refractivity contribution in [3.05, 3.63) is 27.2 Å². The van der Waals surface area contributed by atoms with Crippen LogP contribution in [0.5, 0.6) is 0 Å². The zero-order chi connectivity index (χ0) is 18.2. The average molecular weight is 397 g/mol. The van der Waals surface area contributed by atoms with Crippen molar-refractivity contribution in [2.75, 3.05) is 13.1 Å². The summed E-state index contributed by atoms with van der Waals surface area (Å²) < 4.78 is 0. The molecule has 1 atom stereocenters. The molecule has 1 amide bonds. The van der Waals surface area contributed by atoms with Crippen molar-refractivity contribution < 1.29 is 9.59 Å². The summed E-state index contributed by atoms with van der Waals surface area (Å²) in [6, 6.07) is 0. The summed E-state index contributed by atoms with van der Waals surface area (Å²) in [5.41, 5.74) is 3.98. The second-order valence-corrected chi connectivity index (χ2v) is 7.47. The van der Waals surface area contributed by atoms with Crippen molar-refractivity contribution in [1.82, 2.24) is 20.6 Å². The van der Waals surface area contributed by atoms with E-state index in [-0.39, 0.29) is 24.1 Å². The lowest BCUT2D eigenvalue weighted by Gasteiger charge is -2.26. The van der Waals surface area contributed by atoms with E-state index in [0.29, 0.717) is 6.54 Å². The Kier molecular flexibility index (Phi) is 6.26. The Hall–Kier alpha value is -1.70. The van der Waals surface area contributed by atoms with Crippen LogP contribution < -0.4 is 10.6 Å². The third-order valence-electron chi connectivity index (χ3n) is 4.74. The second kappa shape index (κ2) is 7.90. The van der Waals surface area contributed by atoms with Crippen LogP contribution in [0.3, 0.4) is 0 Å². The van der Waals surface area contributed by atoms with Gasteiger partial charge in [0.25, 0.3) is 0 Å². The Bertz CT molecular complexity index is 821. The lowest BCUT2D eigenvalue weighted by atomic mass is 9.99. The molecule has 6 nitrogen and oxygen atoms in total. The largest absolute Gasteiger partial charge is 0.356 e. The van der Waals surface area contributed by atoms with Crippen LogP contribution in [-0.2, 0) is 16.8 Å². The van der Waals surface area contributed by atoms with Gasteiger partial charge in [-0.15, -0.1) is 23.7 Å². The highest BCUT2D eigenvalue weighted by molar-refractivity contribution is 7.10. The van der Waals surface area contributed by atoms with Crippen LogP contribution in [0.1, 0.15) is 53.8 Å². The monoisotopic (exact) mass is 396 g/mol. The predicted molar refractivity (Wildman–Crippen MR) is 106 cm³/mol. The van der Waals surface area contributed by atoms with Gasteiger partial charge in [-0.2, -0.15) is 0 Å². The molecule has 0 bridgehead atoms. The number of Topliss-reactive ketones (excluding diaryl/α,β-unsaturated/α-hetero) is 1. The van der Waals surface area contributed by atoms with Gasteiger partial charge in [-0.3, -0.25) is 9.59 Å². The number of carbonyl (C=O) groups excluding carboxylic acids is 2. The molecule has 26 heavy (non-hydrogen) atoms. The maximum absolute atomic E-state index is 12.0. The first-order valence-corrected chi connectivity index (χ1v) is 9.44. The van der Waals surface area contributed by atoms with Crippen molar-refractivity contribution in [3.63, 3.8) is 0 Å². The summed E-state index contributed by atoms with van der Waals surface area (Å²) in [5, 5.41) is 9.31. The fourth-order valence-corrected chi connectivity index (χ4v) is 4.70. The van der Waals surface area contributed by atoms with E-state index in [2.05, 4.69) is 15.6 Å². The zero-order valence-corrected chi connectivity index (χ0v) is 17.1. The van der Waals surface area contributed by atoms with Crippen LogP contribution in [0.2, 0.25) is 0 Å². The van der Waals surface area contributed by atoms with E-state index in [0.717, 1.165) is 52.6 Å². The number of halogens is 1. The minimum absolute atomic E-state index is 0. The molecule has 3 heterocycles. The van der Waals surface area contributed by atoms with E-state index in [4.69, 9.17) is 4.98 Å². The molecular formula is C18H25ClN4O2S. The van der Waals surface area contributed by atoms with Gasteiger partial charge in [-0.05, 0) is 38.8 Å². The molecule has 3 rings (SSSR count). The summed E-state index contributed by atoms with van der Waals surface area (Å²) in [6.45, 7) is 8.64. The lowest BCUT2D eigenvalue weighted by Crippen LogP contribution is -2.46. The lowest BCUT2D eigenvalue weighted by molar-refractivity contribution is -0.120. The minimum Gasteiger partial charge on any atom is -0.356 e. The van der Waals surface area contributed by atoms with Gasteiger partial charge in [0, 0.05) is 30.1 Å². The van der Waals surface area contributed by atoms with Gasteiger partial charge in [0.15, 0.2) is 5.78 Å². The molecule has 0 aromatic carbocycles. The number of aryl methyl sites for hydroxylation is 1. The number of nitrogens with one attached hydrogen (secondary N) is 3. The molecule has 1 unspecified atom stereocenters. The molecule has 0 spiro atoms. The normalized spacial score (nSPS) is 19.2. The minimum atomic E-state index is -0.438. The first-order valence-electron chi connectivity index (χ1n) is 8.56. The van der Waals surface area contributed by atoms with E-state index >= 15 is 0 Å². The number of aromatic amines is 1. The standard InChI is InChI=1S/C18H24N4O2S.ClH/c1-5-13-15(11(3)23)10(2)20-16(13)14-8-25-17(21-14)18(22-12(4)24)6-7-19-9-18;/h8,19-20H,5-7,9H2,1-4H3,(H,22,24);1H. The van der Waals surface area contributed by atoms with E-state index < -0.39 is 5.54 Å². The number of ketones is 1. The van der Waals surface area contributed by atoms with E-state index in [1.807, 2.05) is 19.2 Å². The summed E-state index contributed by atoms with van der Waals surface area (Å²) in [4.78, 5) is 31.8. The number of H-pyrrole nitrogens is 1. The Morgan fingerprint density at radius 3 is 2.65 bits per heavy atom. The predicted octanol–water partition coefficient (Wildman–Crippen LogP) is 2.96. The molecule has 142 valence electrons. The number of hydrogen-bond donors (Lipinski definition) is 3. The topological polar surface area (TPSA) is 86.9 Å². The third kappa shape index (κ3) is 3.56. The third-order valence-corrected chi connectivity index (χ3v) is 5.78. The Morgan fingerprint density at radius 1 is 1.38 bits per heavy atom. The van der Waals surface area contributed by atoms with Crippen LogP contribution in [0.15, 0.2) is 5.38 Å². The van der Waals surface area contributed by atoms with Crippen LogP contribution in [0, 0.1) is 6.92 Å². The number of amides is 1. The SMILES string of the molecule is CCc1c(-c2csc(C3(NC(C)=O)CCNC3)n2)[nH]c(C)c1C(C)=O.Cl. The first-order chi connectivity index (χ1) is 11.9. The molecule has 0 radical (unpaired) electrons. The number of rotatable bonds is 5. The number of aromatic nitrogens is 2. The zero-order valence-electron chi connectivity index (χ0n) is 15.5. The maximum atomic E-state index is 12.0. The molecule has 1 aliphatic heterocycles. The molecule has 3 N–H and O–H groups in total. The van der Waals surface area contributed by atoms with Gasteiger partial charge in [-0.1, -0.05) is 6.92 Å². The van der Waals surface area contributed by atoms with Crippen LogP contribution in [0.4, 0.5) is 0 Å². The van der Waals surface area contributed by atoms with E-state index in [1.54, 1.807) is 18.3 Å². The van der Waals surface area contributed by atoms with E-state index in [9.17, 15) is 9.59 Å². The Balaban J connectivity index is 0.00000243. The molecule has 2 aromatic rings. The summed E-state index contributed by atoms with van der Waals surface area (Å²) in [6.07, 6.45) is 1.59. The van der Waals surface area contributed by atoms with Gasteiger partial charge in [0.1, 0.15) is 10.5 Å². The van der Waals surface area contributed by atoms with Crippen molar-refractivity contribution in [1.29, 1.82) is 0 Å². The second-order valence-electron chi connectivity index (χ2n) is 6.62. The summed E-state index contributed by atoms with van der Waals surface area (Å²) >= 11 is 1.55. The van der Waals surface area contributed by atoms with Crippen molar-refractivity contribution >= 4 is 35.4 Å². The van der Waals surface area contributed by atoms with Gasteiger partial charge < -0.3 is 15.6 Å². The average Bonchev–Trinajstić information content (AvgIpc) is 3.23. The molecule has 1 fully saturated rings. The Morgan fingerprint density at radius 2 is 2.12 bits per heavy atom. The quantitative estimate of drug-likeness (QED) is 0.678. The number of hydrogen-bond acceptors (Lipinski definition) is 5. The number of carbonyl (C=O) groups is 2. The van der Waals surface area contributed by atoms with Gasteiger partial charge in [0.05, 0.1) is 11.4 Å². The highest BCUT2D eigenvalue weighted by atomic mass is 35.5. The van der Waals surface area contributed by atoms with E-state index in [1.165, 1.54) is 6.92 Å². The van der Waals surface area contributed by atoms with Crippen molar-refractivity contribution in [3.8, 4) is 11.4 Å². The van der Waals surface area contributed by atoms with Crippen molar-refractivity contribution in [2.45, 2.75) is 46.1 Å². The number of thiazole rings is 1. The van der Waals surface area contributed by atoms with Gasteiger partial charge in [0.2, 0.25) is 5.91 Å². The molecule has 0 aliphatic carbocycles.